The molecule has 1 saturated heterocycles. The molecule has 1 heterocycles. The summed E-state index contributed by atoms with van der Waals surface area (Å²) in [5, 5.41) is 11.5. The molecular weight excluding hydrogens is 408 g/mol. The van der Waals surface area contributed by atoms with Gasteiger partial charge in [0.15, 0.2) is 0 Å². The van der Waals surface area contributed by atoms with Gasteiger partial charge in [-0.05, 0) is 36.1 Å². The number of ether oxygens (including phenoxy) is 1. The summed E-state index contributed by atoms with van der Waals surface area (Å²) in [6, 6.07) is 14.8. The predicted molar refractivity (Wildman–Crippen MR) is 109 cm³/mol. The second-order valence-corrected chi connectivity index (χ2v) is 8.96. The topological polar surface area (TPSA) is 113 Å². The number of hydrogen-bond acceptors (Lipinski definition) is 5. The van der Waals surface area contributed by atoms with E-state index in [0.717, 1.165) is 5.56 Å². The number of carboxylic acids is 1. The van der Waals surface area contributed by atoms with Crippen molar-refractivity contribution in [3.05, 3.63) is 65.7 Å². The Kier molecular flexibility index (Phi) is 7.07. The molecule has 0 saturated carbocycles. The van der Waals surface area contributed by atoms with Crippen molar-refractivity contribution in [3.8, 4) is 0 Å². The summed E-state index contributed by atoms with van der Waals surface area (Å²) in [4.78, 5) is 22.9. The Morgan fingerprint density at radius 3 is 2.43 bits per heavy atom. The summed E-state index contributed by atoms with van der Waals surface area (Å²) in [6.07, 6.45) is 0.569. The number of carbonyl (C=O) groups excluding carboxylic acids is 1. The summed E-state index contributed by atoms with van der Waals surface area (Å²) in [5.41, 5.74) is 1.39. The molecule has 2 N–H and O–H groups in total. The van der Waals surface area contributed by atoms with E-state index in [2.05, 4.69) is 5.32 Å². The van der Waals surface area contributed by atoms with E-state index in [9.17, 15) is 18.0 Å². The van der Waals surface area contributed by atoms with E-state index in [1.165, 1.54) is 28.6 Å². The molecule has 2 aromatic rings. The van der Waals surface area contributed by atoms with Crippen LogP contribution in [0.2, 0.25) is 0 Å². The molecule has 0 spiro atoms. The molecule has 1 fully saturated rings. The van der Waals surface area contributed by atoms with Gasteiger partial charge in [-0.2, -0.15) is 4.31 Å². The fourth-order valence-electron chi connectivity index (χ4n) is 3.39. The second-order valence-electron chi connectivity index (χ2n) is 7.07. The van der Waals surface area contributed by atoms with E-state index >= 15 is 0 Å². The average Bonchev–Trinajstić information content (AvgIpc) is 3.21. The lowest BCUT2D eigenvalue weighted by molar-refractivity contribution is -0.136. The highest BCUT2D eigenvalue weighted by atomic mass is 32.2. The molecule has 8 nitrogen and oxygen atoms in total. The number of alkyl carbamates (subject to hydrolysis) is 1. The van der Waals surface area contributed by atoms with Gasteiger partial charge in [0.2, 0.25) is 10.0 Å². The number of aliphatic carboxylic acids is 1. The van der Waals surface area contributed by atoms with Gasteiger partial charge in [0.25, 0.3) is 0 Å². The molecule has 1 aliphatic rings. The number of nitrogens with zero attached hydrogens (tertiary/aromatic N) is 1. The van der Waals surface area contributed by atoms with Crippen LogP contribution in [0.4, 0.5) is 4.79 Å². The molecule has 2 aromatic carbocycles. The first kappa shape index (κ1) is 21.8. The lowest BCUT2D eigenvalue weighted by atomic mass is 10.2. The molecule has 1 amide bonds. The van der Waals surface area contributed by atoms with E-state index in [-0.39, 0.29) is 30.5 Å². The zero-order chi connectivity index (χ0) is 21.6. The molecule has 30 heavy (non-hydrogen) atoms. The molecule has 0 radical (unpaired) electrons. The van der Waals surface area contributed by atoms with E-state index in [0.29, 0.717) is 24.9 Å². The highest BCUT2D eigenvalue weighted by molar-refractivity contribution is 7.89. The maximum Gasteiger partial charge on any atom is 0.407 e. The number of carbonyl (C=O) groups is 2. The van der Waals surface area contributed by atoms with Crippen LogP contribution in [0.25, 0.3) is 0 Å². The van der Waals surface area contributed by atoms with Crippen LogP contribution < -0.4 is 5.32 Å². The van der Waals surface area contributed by atoms with Crippen LogP contribution in [0.3, 0.4) is 0 Å². The van der Waals surface area contributed by atoms with Gasteiger partial charge >= 0.3 is 12.1 Å². The molecule has 160 valence electrons. The third-order valence-corrected chi connectivity index (χ3v) is 6.87. The fraction of sp³-hybridized carbons (Fsp3) is 0.333. The third kappa shape index (κ3) is 5.58. The van der Waals surface area contributed by atoms with Gasteiger partial charge in [-0.1, -0.05) is 42.5 Å². The van der Waals surface area contributed by atoms with Gasteiger partial charge in [0.05, 0.1) is 11.3 Å². The number of nitrogens with one attached hydrogen (secondary N) is 1. The van der Waals surface area contributed by atoms with Crippen molar-refractivity contribution in [2.24, 2.45) is 0 Å². The Morgan fingerprint density at radius 2 is 1.77 bits per heavy atom. The normalized spacial score (nSPS) is 16.9. The van der Waals surface area contributed by atoms with Crippen molar-refractivity contribution in [1.82, 2.24) is 9.62 Å². The van der Waals surface area contributed by atoms with Gasteiger partial charge < -0.3 is 15.2 Å². The van der Waals surface area contributed by atoms with Gasteiger partial charge in [-0.15, -0.1) is 0 Å². The molecule has 0 bridgehead atoms. The van der Waals surface area contributed by atoms with Crippen LogP contribution in [0.15, 0.2) is 59.5 Å². The first-order valence-electron chi connectivity index (χ1n) is 9.63. The predicted octanol–water partition coefficient (Wildman–Crippen LogP) is 2.39. The highest BCUT2D eigenvalue weighted by Gasteiger charge is 2.35. The number of benzene rings is 2. The minimum absolute atomic E-state index is 0.107. The smallest absolute Gasteiger partial charge is 0.407 e. The van der Waals surface area contributed by atoms with Crippen LogP contribution in [0.5, 0.6) is 0 Å². The summed E-state index contributed by atoms with van der Waals surface area (Å²) >= 11 is 0. The molecule has 0 unspecified atom stereocenters. The maximum absolute atomic E-state index is 13.0. The highest BCUT2D eigenvalue weighted by Crippen LogP contribution is 2.26. The van der Waals surface area contributed by atoms with Gasteiger partial charge in [0, 0.05) is 19.1 Å². The molecule has 0 aliphatic carbocycles. The maximum atomic E-state index is 13.0. The van der Waals surface area contributed by atoms with Crippen LogP contribution in [0.1, 0.15) is 24.0 Å². The Labute approximate surface area is 175 Å². The minimum atomic E-state index is -3.74. The lowest BCUT2D eigenvalue weighted by Crippen LogP contribution is -2.43. The van der Waals surface area contributed by atoms with E-state index in [1.807, 2.05) is 30.3 Å². The van der Waals surface area contributed by atoms with Gasteiger partial charge in [-0.25, -0.2) is 13.2 Å². The fourth-order valence-corrected chi connectivity index (χ4v) is 5.09. The van der Waals surface area contributed by atoms with Crippen LogP contribution in [-0.2, 0) is 32.6 Å². The number of carboxylic acid groups (broad SMARTS) is 1. The van der Waals surface area contributed by atoms with Crippen molar-refractivity contribution >= 4 is 22.1 Å². The van der Waals surface area contributed by atoms with E-state index < -0.39 is 22.1 Å². The number of amides is 1. The average molecular weight is 432 g/mol. The summed E-state index contributed by atoms with van der Waals surface area (Å²) < 4.78 is 32.6. The first-order chi connectivity index (χ1) is 14.4. The number of rotatable bonds is 8. The van der Waals surface area contributed by atoms with Crippen LogP contribution >= 0.6 is 0 Å². The second kappa shape index (κ2) is 9.73. The minimum Gasteiger partial charge on any atom is -0.481 e. The molecule has 1 atom stereocenters. The number of sulfonamides is 1. The van der Waals surface area contributed by atoms with Crippen molar-refractivity contribution in [2.75, 3.05) is 13.1 Å². The quantitative estimate of drug-likeness (QED) is 0.662. The molecular formula is C21H24N2O6S. The van der Waals surface area contributed by atoms with E-state index in [4.69, 9.17) is 9.84 Å². The summed E-state index contributed by atoms with van der Waals surface area (Å²) in [6.45, 7) is 0.663. The summed E-state index contributed by atoms with van der Waals surface area (Å²) in [5.74, 6) is -0.976. The Balaban J connectivity index is 1.57. The molecule has 0 aromatic heterocycles. The summed E-state index contributed by atoms with van der Waals surface area (Å²) in [7, 11) is -3.74. The Bertz CT molecular complexity index is 976. The molecule has 1 aliphatic heterocycles. The Hall–Kier alpha value is -2.91. The Morgan fingerprint density at radius 1 is 1.07 bits per heavy atom. The van der Waals surface area contributed by atoms with Crippen LogP contribution in [-0.4, -0.2) is 49.0 Å². The first-order valence-corrected chi connectivity index (χ1v) is 11.1. The van der Waals surface area contributed by atoms with Crippen molar-refractivity contribution in [2.45, 2.75) is 36.8 Å². The van der Waals surface area contributed by atoms with Gasteiger partial charge in [-0.3, -0.25) is 4.79 Å². The zero-order valence-corrected chi connectivity index (χ0v) is 17.2. The van der Waals surface area contributed by atoms with E-state index in [1.54, 1.807) is 0 Å². The zero-order valence-electron chi connectivity index (χ0n) is 16.4. The third-order valence-electron chi connectivity index (χ3n) is 4.90. The largest absolute Gasteiger partial charge is 0.481 e. The van der Waals surface area contributed by atoms with Crippen LogP contribution in [0, 0.1) is 0 Å². The lowest BCUT2D eigenvalue weighted by Gasteiger charge is -2.24. The molecule has 3 rings (SSSR count). The monoisotopic (exact) mass is 432 g/mol. The van der Waals surface area contributed by atoms with Crippen molar-refractivity contribution in [3.63, 3.8) is 0 Å². The van der Waals surface area contributed by atoms with Crippen molar-refractivity contribution in [1.29, 1.82) is 0 Å². The number of hydrogen-bond donors (Lipinski definition) is 2. The van der Waals surface area contributed by atoms with Gasteiger partial charge in [0.1, 0.15) is 6.61 Å². The molecule has 9 heteroatoms. The SMILES string of the molecule is O=C(O)Cc1ccc(S(=O)(=O)N2CCC[C@H]2CNC(=O)OCc2ccccc2)cc1. The standard InChI is InChI=1S/C21H24N2O6S/c24-20(25)13-16-8-10-19(11-9-16)30(27,28)23-12-4-7-18(23)14-22-21(26)29-15-17-5-2-1-3-6-17/h1-3,5-6,8-11,18H,4,7,12-15H2,(H,22,26)(H,24,25)/t18-/m0/s1. The van der Waals surface area contributed by atoms with Crippen molar-refractivity contribution < 1.29 is 27.9 Å².